The molecule has 1 atom stereocenters. The number of hydrogen-bond acceptors (Lipinski definition) is 3. The molecular weight excluding hydrogens is 207 g/mol. The summed E-state index contributed by atoms with van der Waals surface area (Å²) in [5.41, 5.74) is -1.37. The third-order valence-corrected chi connectivity index (χ3v) is 3.22. The van der Waals surface area contributed by atoms with Crippen LogP contribution in [0, 0.1) is 0 Å². The summed E-state index contributed by atoms with van der Waals surface area (Å²) in [6.07, 6.45) is 3.05. The Labute approximate surface area is 80.3 Å². The van der Waals surface area contributed by atoms with Gasteiger partial charge < -0.3 is 9.79 Å². The summed E-state index contributed by atoms with van der Waals surface area (Å²) < 4.78 is 10.8. The summed E-state index contributed by atoms with van der Waals surface area (Å²) in [5, 5.41) is 0. The Kier molecular flexibility index (Phi) is 2.85. The molecule has 0 aliphatic heterocycles. The van der Waals surface area contributed by atoms with E-state index in [0.29, 0.717) is 0 Å². The quantitative estimate of drug-likeness (QED) is 0.507. The lowest BCUT2D eigenvalue weighted by atomic mass is 10.0. The van der Waals surface area contributed by atoms with Crippen LogP contribution in [0.1, 0.15) is 6.92 Å². The van der Waals surface area contributed by atoms with Gasteiger partial charge in [0.1, 0.15) is 0 Å². The van der Waals surface area contributed by atoms with Crippen LogP contribution in [0.5, 0.6) is 0 Å². The van der Waals surface area contributed by atoms with Crippen LogP contribution < -0.4 is 0 Å². The molecular formula is C8H9O5P. The fourth-order valence-corrected chi connectivity index (χ4v) is 1.60. The number of ketones is 2. The summed E-state index contributed by atoms with van der Waals surface area (Å²) in [5.74, 6) is -0.958. The third-order valence-electron chi connectivity index (χ3n) is 1.94. The third kappa shape index (κ3) is 2.26. The SMILES string of the molecule is CC(C1=CC(=O)C=CC1=O)P(=O)(O)O. The highest BCUT2D eigenvalue weighted by Gasteiger charge is 2.31. The van der Waals surface area contributed by atoms with Gasteiger partial charge in [-0.15, -0.1) is 0 Å². The number of carbonyl (C=O) groups is 2. The predicted octanol–water partition coefficient (Wildman–Crippen LogP) is 0.187. The molecule has 0 heterocycles. The average molecular weight is 216 g/mol. The van der Waals surface area contributed by atoms with Crippen LogP contribution in [0.25, 0.3) is 0 Å². The Morgan fingerprint density at radius 2 is 1.86 bits per heavy atom. The van der Waals surface area contributed by atoms with Crippen LogP contribution in [0.15, 0.2) is 23.8 Å². The van der Waals surface area contributed by atoms with E-state index in [4.69, 9.17) is 9.79 Å². The maximum absolute atomic E-state index is 11.2. The monoisotopic (exact) mass is 216 g/mol. The van der Waals surface area contributed by atoms with Crippen molar-refractivity contribution in [3.63, 3.8) is 0 Å². The molecule has 0 bridgehead atoms. The number of rotatable bonds is 2. The minimum Gasteiger partial charge on any atom is -0.324 e. The maximum atomic E-state index is 11.2. The van der Waals surface area contributed by atoms with Crippen molar-refractivity contribution in [2.45, 2.75) is 12.6 Å². The summed E-state index contributed by atoms with van der Waals surface area (Å²) >= 11 is 0. The maximum Gasteiger partial charge on any atom is 0.332 e. The second-order valence-corrected chi connectivity index (χ2v) is 4.92. The molecule has 0 saturated carbocycles. The highest BCUT2D eigenvalue weighted by molar-refractivity contribution is 7.52. The van der Waals surface area contributed by atoms with Crippen molar-refractivity contribution < 1.29 is 23.9 Å². The first-order chi connectivity index (χ1) is 6.32. The van der Waals surface area contributed by atoms with Gasteiger partial charge in [0.2, 0.25) is 0 Å². The van der Waals surface area contributed by atoms with Gasteiger partial charge >= 0.3 is 7.60 Å². The van der Waals surface area contributed by atoms with E-state index < -0.39 is 24.8 Å². The normalized spacial score (nSPS) is 19.5. The van der Waals surface area contributed by atoms with Crippen molar-refractivity contribution in [1.29, 1.82) is 0 Å². The molecule has 2 N–H and O–H groups in total. The summed E-state index contributed by atoms with van der Waals surface area (Å²) in [4.78, 5) is 39.7. The van der Waals surface area contributed by atoms with Gasteiger partial charge in [0.25, 0.3) is 0 Å². The van der Waals surface area contributed by atoms with E-state index in [2.05, 4.69) is 0 Å². The Bertz CT molecular complexity index is 387. The van der Waals surface area contributed by atoms with Crippen LogP contribution in [0.4, 0.5) is 0 Å². The van der Waals surface area contributed by atoms with Crippen molar-refractivity contribution >= 4 is 19.2 Å². The summed E-state index contributed by atoms with van der Waals surface area (Å²) in [6, 6.07) is 0. The highest BCUT2D eigenvalue weighted by Crippen LogP contribution is 2.45. The van der Waals surface area contributed by atoms with E-state index in [1.54, 1.807) is 0 Å². The molecule has 0 aromatic carbocycles. The van der Waals surface area contributed by atoms with Crippen molar-refractivity contribution in [2.75, 3.05) is 0 Å². The zero-order valence-electron chi connectivity index (χ0n) is 7.38. The van der Waals surface area contributed by atoms with Crippen LogP contribution in [0.2, 0.25) is 0 Å². The van der Waals surface area contributed by atoms with Gasteiger partial charge in [-0.2, -0.15) is 0 Å². The van der Waals surface area contributed by atoms with E-state index in [9.17, 15) is 14.2 Å². The largest absolute Gasteiger partial charge is 0.332 e. The van der Waals surface area contributed by atoms with Gasteiger partial charge in [-0.3, -0.25) is 14.2 Å². The lowest BCUT2D eigenvalue weighted by Gasteiger charge is -2.16. The number of carbonyl (C=O) groups excluding carboxylic acids is 2. The highest BCUT2D eigenvalue weighted by atomic mass is 31.2. The average Bonchev–Trinajstić information content (AvgIpc) is 2.06. The van der Waals surface area contributed by atoms with Crippen LogP contribution >= 0.6 is 7.60 Å². The zero-order chi connectivity index (χ0) is 10.9. The molecule has 76 valence electrons. The van der Waals surface area contributed by atoms with E-state index in [1.807, 2.05) is 0 Å². The Hall–Kier alpha value is -1.03. The molecule has 0 saturated heterocycles. The molecule has 1 rings (SSSR count). The standard InChI is InChI=1S/C8H9O5P/c1-5(14(11,12)13)7-4-6(9)2-3-8(7)10/h2-5H,1H3,(H2,11,12,13). The van der Waals surface area contributed by atoms with Crippen molar-refractivity contribution in [1.82, 2.24) is 0 Å². The molecule has 0 aromatic rings. The first-order valence-electron chi connectivity index (χ1n) is 3.85. The van der Waals surface area contributed by atoms with Gasteiger partial charge in [0.15, 0.2) is 11.6 Å². The lowest BCUT2D eigenvalue weighted by Crippen LogP contribution is -2.18. The first-order valence-corrected chi connectivity index (χ1v) is 5.53. The van der Waals surface area contributed by atoms with E-state index in [1.165, 1.54) is 6.92 Å². The van der Waals surface area contributed by atoms with E-state index in [-0.39, 0.29) is 5.57 Å². The number of allylic oxidation sites excluding steroid dienone is 4. The smallest absolute Gasteiger partial charge is 0.324 e. The minimum atomic E-state index is -4.36. The van der Waals surface area contributed by atoms with Gasteiger partial charge in [0.05, 0.1) is 5.66 Å². The van der Waals surface area contributed by atoms with Crippen molar-refractivity contribution in [3.05, 3.63) is 23.8 Å². The summed E-state index contributed by atoms with van der Waals surface area (Å²) in [7, 11) is -4.36. The van der Waals surface area contributed by atoms with Crippen molar-refractivity contribution in [3.8, 4) is 0 Å². The molecule has 1 aliphatic carbocycles. The Balaban J connectivity index is 3.04. The molecule has 0 fully saturated rings. The zero-order valence-corrected chi connectivity index (χ0v) is 8.27. The number of hydrogen-bond donors (Lipinski definition) is 2. The van der Waals surface area contributed by atoms with Crippen LogP contribution in [0.3, 0.4) is 0 Å². The molecule has 5 nitrogen and oxygen atoms in total. The molecule has 6 heteroatoms. The van der Waals surface area contributed by atoms with Gasteiger partial charge in [0, 0.05) is 5.57 Å². The van der Waals surface area contributed by atoms with Gasteiger partial charge in [-0.05, 0) is 25.2 Å². The fraction of sp³-hybridized carbons (Fsp3) is 0.250. The van der Waals surface area contributed by atoms with Gasteiger partial charge in [-0.25, -0.2) is 0 Å². The molecule has 1 aliphatic rings. The molecule has 0 radical (unpaired) electrons. The summed E-state index contributed by atoms with van der Waals surface area (Å²) in [6.45, 7) is 1.22. The molecule has 0 amide bonds. The van der Waals surface area contributed by atoms with E-state index >= 15 is 0 Å². The molecule has 14 heavy (non-hydrogen) atoms. The molecule has 1 unspecified atom stereocenters. The first kappa shape index (κ1) is 11.0. The van der Waals surface area contributed by atoms with Crippen LogP contribution in [-0.2, 0) is 14.2 Å². The second kappa shape index (κ2) is 3.61. The van der Waals surface area contributed by atoms with E-state index in [0.717, 1.165) is 18.2 Å². The Morgan fingerprint density at radius 3 is 2.36 bits per heavy atom. The second-order valence-electron chi connectivity index (χ2n) is 2.96. The topological polar surface area (TPSA) is 91.7 Å². The minimum absolute atomic E-state index is 0.133. The lowest BCUT2D eigenvalue weighted by molar-refractivity contribution is -0.114. The molecule has 0 aromatic heterocycles. The molecule has 0 spiro atoms. The Morgan fingerprint density at radius 1 is 1.29 bits per heavy atom. The fourth-order valence-electron chi connectivity index (χ4n) is 1.03. The van der Waals surface area contributed by atoms with Crippen molar-refractivity contribution in [2.24, 2.45) is 0 Å². The van der Waals surface area contributed by atoms with Gasteiger partial charge in [-0.1, -0.05) is 0 Å². The van der Waals surface area contributed by atoms with Crippen LogP contribution in [-0.4, -0.2) is 27.0 Å². The predicted molar refractivity (Wildman–Crippen MR) is 48.7 cm³/mol.